The lowest BCUT2D eigenvalue weighted by molar-refractivity contribution is -0.143. The number of likely N-dealkylation sites (N-methyl/N-ethyl adjacent to an activating group) is 1. The Kier molecular flexibility index (Phi) is 5.80. The highest BCUT2D eigenvalue weighted by Crippen LogP contribution is 2.31. The van der Waals surface area contributed by atoms with E-state index < -0.39 is 6.10 Å². The first-order chi connectivity index (χ1) is 13.1. The maximum absolute atomic E-state index is 12.8. The van der Waals surface area contributed by atoms with Gasteiger partial charge in [0.25, 0.3) is 5.91 Å². The van der Waals surface area contributed by atoms with E-state index in [1.165, 1.54) is 12.0 Å². The van der Waals surface area contributed by atoms with Gasteiger partial charge in [-0.15, -0.1) is 0 Å². The number of fused-ring (bicyclic) bond motifs is 1. The van der Waals surface area contributed by atoms with E-state index in [2.05, 4.69) is 5.32 Å². The van der Waals surface area contributed by atoms with Gasteiger partial charge in [0.05, 0.1) is 19.3 Å². The minimum Gasteiger partial charge on any atom is -0.495 e. The van der Waals surface area contributed by atoms with Crippen molar-refractivity contribution in [3.63, 3.8) is 0 Å². The molecule has 2 amide bonds. The van der Waals surface area contributed by atoms with Gasteiger partial charge in [0.15, 0.2) is 11.5 Å². The van der Waals surface area contributed by atoms with Crippen molar-refractivity contribution in [3.8, 4) is 17.2 Å². The second-order valence-corrected chi connectivity index (χ2v) is 5.97. The monoisotopic (exact) mass is 370 g/mol. The molecule has 2 aromatic rings. The molecule has 7 heteroatoms. The summed E-state index contributed by atoms with van der Waals surface area (Å²) in [6, 6.07) is 14.3. The molecule has 142 valence electrons. The lowest BCUT2D eigenvalue weighted by Crippen LogP contribution is -2.48. The van der Waals surface area contributed by atoms with Crippen LogP contribution in [0.15, 0.2) is 48.5 Å². The zero-order valence-electron chi connectivity index (χ0n) is 15.3. The molecule has 2 aromatic carbocycles. The Morgan fingerprint density at radius 2 is 1.85 bits per heavy atom. The van der Waals surface area contributed by atoms with Gasteiger partial charge in [-0.25, -0.2) is 0 Å². The van der Waals surface area contributed by atoms with E-state index in [-0.39, 0.29) is 25.0 Å². The SMILES string of the molecule is CCN(CC(=O)Nc1ccccc1OC)C(=O)[C@@H]1COc2ccccc2O1. The van der Waals surface area contributed by atoms with Crippen molar-refractivity contribution in [2.75, 3.05) is 32.1 Å². The number of para-hydroxylation sites is 4. The molecule has 0 radical (unpaired) electrons. The minimum absolute atomic E-state index is 0.0884. The van der Waals surface area contributed by atoms with E-state index in [1.54, 1.807) is 30.3 Å². The number of carbonyl (C=O) groups excluding carboxylic acids is 2. The van der Waals surface area contributed by atoms with Gasteiger partial charge in [-0.2, -0.15) is 0 Å². The summed E-state index contributed by atoms with van der Waals surface area (Å²) in [6.07, 6.45) is -0.779. The maximum Gasteiger partial charge on any atom is 0.267 e. The van der Waals surface area contributed by atoms with Crippen molar-refractivity contribution in [2.45, 2.75) is 13.0 Å². The first kappa shape index (κ1) is 18.6. The summed E-state index contributed by atoms with van der Waals surface area (Å²) in [5.74, 6) is 1.09. The van der Waals surface area contributed by atoms with Gasteiger partial charge < -0.3 is 24.4 Å². The quantitative estimate of drug-likeness (QED) is 0.844. The third kappa shape index (κ3) is 4.31. The zero-order chi connectivity index (χ0) is 19.2. The van der Waals surface area contributed by atoms with Crippen LogP contribution in [-0.2, 0) is 9.59 Å². The Labute approximate surface area is 157 Å². The number of ether oxygens (including phenoxy) is 3. The van der Waals surface area contributed by atoms with Crippen molar-refractivity contribution >= 4 is 17.5 Å². The Hall–Kier alpha value is -3.22. The number of hydrogen-bond acceptors (Lipinski definition) is 5. The molecule has 1 N–H and O–H groups in total. The van der Waals surface area contributed by atoms with Crippen LogP contribution >= 0.6 is 0 Å². The Morgan fingerprint density at radius 3 is 2.59 bits per heavy atom. The third-order valence-electron chi connectivity index (χ3n) is 4.19. The fourth-order valence-electron chi connectivity index (χ4n) is 2.80. The van der Waals surface area contributed by atoms with Crippen LogP contribution in [0.1, 0.15) is 6.92 Å². The van der Waals surface area contributed by atoms with Crippen LogP contribution in [0, 0.1) is 0 Å². The number of hydrogen-bond donors (Lipinski definition) is 1. The molecule has 1 aliphatic heterocycles. The Balaban J connectivity index is 1.63. The van der Waals surface area contributed by atoms with Gasteiger partial charge in [-0.1, -0.05) is 24.3 Å². The highest BCUT2D eigenvalue weighted by atomic mass is 16.6. The van der Waals surface area contributed by atoms with E-state index in [0.29, 0.717) is 29.5 Å². The topological polar surface area (TPSA) is 77.1 Å². The molecule has 0 aliphatic carbocycles. The number of amides is 2. The number of anilines is 1. The molecule has 27 heavy (non-hydrogen) atoms. The van der Waals surface area contributed by atoms with Crippen molar-refractivity contribution < 1.29 is 23.8 Å². The number of nitrogens with one attached hydrogen (secondary N) is 1. The van der Waals surface area contributed by atoms with Crippen molar-refractivity contribution in [1.82, 2.24) is 4.90 Å². The largest absolute Gasteiger partial charge is 0.495 e. The average Bonchev–Trinajstić information content (AvgIpc) is 2.71. The maximum atomic E-state index is 12.8. The number of benzene rings is 2. The number of methoxy groups -OCH3 is 1. The lowest BCUT2D eigenvalue weighted by Gasteiger charge is -2.30. The van der Waals surface area contributed by atoms with Crippen molar-refractivity contribution in [1.29, 1.82) is 0 Å². The highest BCUT2D eigenvalue weighted by molar-refractivity contribution is 5.96. The predicted octanol–water partition coefficient (Wildman–Crippen LogP) is 2.32. The van der Waals surface area contributed by atoms with Gasteiger partial charge in [0, 0.05) is 6.54 Å². The van der Waals surface area contributed by atoms with Crippen LogP contribution in [0.2, 0.25) is 0 Å². The predicted molar refractivity (Wildman–Crippen MR) is 100 cm³/mol. The van der Waals surface area contributed by atoms with Crippen LogP contribution < -0.4 is 19.5 Å². The van der Waals surface area contributed by atoms with E-state index in [0.717, 1.165) is 0 Å². The minimum atomic E-state index is -0.779. The number of rotatable bonds is 6. The molecule has 1 heterocycles. The van der Waals surface area contributed by atoms with E-state index in [4.69, 9.17) is 14.2 Å². The molecule has 1 atom stereocenters. The summed E-state index contributed by atoms with van der Waals surface area (Å²) in [7, 11) is 1.53. The van der Waals surface area contributed by atoms with Crippen LogP contribution in [0.3, 0.4) is 0 Å². The smallest absolute Gasteiger partial charge is 0.267 e. The molecule has 0 unspecified atom stereocenters. The Bertz CT molecular complexity index is 824. The molecule has 0 saturated carbocycles. The van der Waals surface area contributed by atoms with Crippen LogP contribution in [-0.4, -0.2) is 49.6 Å². The molecule has 0 aromatic heterocycles. The second kappa shape index (κ2) is 8.44. The molecular formula is C20H22N2O5. The molecule has 0 fully saturated rings. The first-order valence-electron chi connectivity index (χ1n) is 8.72. The Morgan fingerprint density at radius 1 is 1.15 bits per heavy atom. The molecule has 0 spiro atoms. The van der Waals surface area contributed by atoms with Gasteiger partial charge in [-0.05, 0) is 31.2 Å². The number of nitrogens with zero attached hydrogens (tertiary/aromatic N) is 1. The summed E-state index contributed by atoms with van der Waals surface area (Å²) in [5, 5.41) is 2.77. The average molecular weight is 370 g/mol. The number of carbonyl (C=O) groups is 2. The first-order valence-corrected chi connectivity index (χ1v) is 8.72. The molecule has 0 saturated heterocycles. The van der Waals surface area contributed by atoms with Gasteiger partial charge in [-0.3, -0.25) is 9.59 Å². The fourth-order valence-corrected chi connectivity index (χ4v) is 2.80. The zero-order valence-corrected chi connectivity index (χ0v) is 15.3. The van der Waals surface area contributed by atoms with Crippen molar-refractivity contribution in [3.05, 3.63) is 48.5 Å². The van der Waals surface area contributed by atoms with Gasteiger partial charge in [0.2, 0.25) is 12.0 Å². The van der Waals surface area contributed by atoms with Gasteiger partial charge in [0.1, 0.15) is 12.4 Å². The summed E-state index contributed by atoms with van der Waals surface area (Å²) in [6.45, 7) is 2.21. The highest BCUT2D eigenvalue weighted by Gasteiger charge is 2.31. The summed E-state index contributed by atoms with van der Waals surface area (Å²) in [4.78, 5) is 26.6. The molecule has 7 nitrogen and oxygen atoms in total. The van der Waals surface area contributed by atoms with Crippen molar-refractivity contribution in [2.24, 2.45) is 0 Å². The summed E-state index contributed by atoms with van der Waals surface area (Å²) < 4.78 is 16.6. The standard InChI is InChI=1S/C20H22N2O5/c1-3-22(12-19(23)21-14-8-4-5-9-15(14)25-2)20(24)18-13-26-16-10-6-7-11-17(16)27-18/h4-11,18H,3,12-13H2,1-2H3,(H,21,23)/t18-/m0/s1. The molecule has 1 aliphatic rings. The van der Waals surface area contributed by atoms with E-state index >= 15 is 0 Å². The fraction of sp³-hybridized carbons (Fsp3) is 0.300. The molecule has 0 bridgehead atoms. The molecule has 3 rings (SSSR count). The summed E-state index contributed by atoms with van der Waals surface area (Å²) >= 11 is 0. The van der Waals surface area contributed by atoms with Crippen LogP contribution in [0.5, 0.6) is 17.2 Å². The summed E-state index contributed by atoms with van der Waals surface area (Å²) in [5.41, 5.74) is 0.555. The van der Waals surface area contributed by atoms with Crippen LogP contribution in [0.25, 0.3) is 0 Å². The van der Waals surface area contributed by atoms with Crippen LogP contribution in [0.4, 0.5) is 5.69 Å². The lowest BCUT2D eigenvalue weighted by atomic mass is 10.2. The third-order valence-corrected chi connectivity index (χ3v) is 4.19. The molecular weight excluding hydrogens is 348 g/mol. The van der Waals surface area contributed by atoms with Gasteiger partial charge >= 0.3 is 0 Å². The normalized spacial score (nSPS) is 15.0. The van der Waals surface area contributed by atoms with E-state index in [1.807, 2.05) is 25.1 Å². The van der Waals surface area contributed by atoms with E-state index in [9.17, 15) is 9.59 Å². The second-order valence-electron chi connectivity index (χ2n) is 5.97.